The second-order valence-corrected chi connectivity index (χ2v) is 9.34. The molecule has 2 N–H and O–H groups in total. The molecule has 1 atom stereocenters. The predicted molar refractivity (Wildman–Crippen MR) is 127 cm³/mol. The van der Waals surface area contributed by atoms with Crippen LogP contribution >= 0.6 is 0 Å². The van der Waals surface area contributed by atoms with E-state index in [1.807, 2.05) is 18.2 Å². The molecule has 5 heteroatoms. The van der Waals surface area contributed by atoms with Gasteiger partial charge in [-0.3, -0.25) is 9.69 Å². The van der Waals surface area contributed by atoms with Gasteiger partial charge in [-0.1, -0.05) is 30.7 Å². The van der Waals surface area contributed by atoms with Crippen LogP contribution in [0.2, 0.25) is 0 Å². The molecular formula is C27H36N2O3. The van der Waals surface area contributed by atoms with Crippen molar-refractivity contribution in [1.29, 1.82) is 0 Å². The van der Waals surface area contributed by atoms with Gasteiger partial charge in [-0.05, 0) is 80.5 Å². The Labute approximate surface area is 191 Å². The van der Waals surface area contributed by atoms with Crippen molar-refractivity contribution < 1.29 is 14.6 Å². The number of nitrogens with zero attached hydrogens (tertiary/aromatic N) is 1. The Kier molecular flexibility index (Phi) is 7.82. The Bertz CT molecular complexity index is 910. The highest BCUT2D eigenvalue weighted by Crippen LogP contribution is 2.28. The third kappa shape index (κ3) is 5.90. The van der Waals surface area contributed by atoms with Crippen molar-refractivity contribution in [3.05, 3.63) is 64.7 Å². The Hall–Kier alpha value is -2.37. The minimum Gasteiger partial charge on any atom is -0.493 e. The summed E-state index contributed by atoms with van der Waals surface area (Å²) in [6, 6.07) is 15.0. The second kappa shape index (κ2) is 11.0. The van der Waals surface area contributed by atoms with E-state index in [0.717, 1.165) is 49.7 Å². The van der Waals surface area contributed by atoms with Gasteiger partial charge < -0.3 is 15.2 Å². The van der Waals surface area contributed by atoms with Crippen molar-refractivity contribution in [2.24, 2.45) is 0 Å². The molecular weight excluding hydrogens is 400 g/mol. The number of hydrogen-bond acceptors (Lipinski definition) is 4. The van der Waals surface area contributed by atoms with Crippen molar-refractivity contribution in [3.63, 3.8) is 0 Å². The highest BCUT2D eigenvalue weighted by molar-refractivity contribution is 5.94. The summed E-state index contributed by atoms with van der Waals surface area (Å²) in [5.41, 5.74) is 4.22. The molecule has 4 rings (SSSR count). The van der Waals surface area contributed by atoms with Crippen molar-refractivity contribution in [3.8, 4) is 5.75 Å². The largest absolute Gasteiger partial charge is 0.493 e. The van der Waals surface area contributed by atoms with Crippen molar-refractivity contribution in [2.75, 3.05) is 19.8 Å². The monoisotopic (exact) mass is 436 g/mol. The van der Waals surface area contributed by atoms with E-state index in [1.165, 1.54) is 36.8 Å². The fourth-order valence-electron chi connectivity index (χ4n) is 4.56. The highest BCUT2D eigenvalue weighted by atomic mass is 16.5. The van der Waals surface area contributed by atoms with Crippen LogP contribution in [0, 0.1) is 0 Å². The molecule has 5 nitrogen and oxygen atoms in total. The fraction of sp³-hybridized carbons (Fsp3) is 0.519. The molecule has 0 saturated heterocycles. The Balaban J connectivity index is 1.59. The van der Waals surface area contributed by atoms with E-state index in [-0.39, 0.29) is 18.6 Å². The lowest BCUT2D eigenvalue weighted by Gasteiger charge is -2.38. The van der Waals surface area contributed by atoms with Crippen LogP contribution in [-0.2, 0) is 13.0 Å². The van der Waals surface area contributed by atoms with Crippen molar-refractivity contribution in [2.45, 2.75) is 70.5 Å². The average Bonchev–Trinajstić information content (AvgIpc) is 2.75. The number of rotatable bonds is 4. The number of benzene rings is 2. The molecule has 0 aromatic heterocycles. The van der Waals surface area contributed by atoms with Crippen LogP contribution in [0.3, 0.4) is 0 Å². The number of amides is 1. The predicted octanol–water partition coefficient (Wildman–Crippen LogP) is 4.31. The van der Waals surface area contributed by atoms with E-state index in [0.29, 0.717) is 12.2 Å². The lowest BCUT2D eigenvalue weighted by molar-refractivity contribution is 0.0922. The van der Waals surface area contributed by atoms with Gasteiger partial charge in [-0.2, -0.15) is 0 Å². The molecule has 1 aliphatic heterocycles. The maximum atomic E-state index is 12.6. The standard InChI is InChI=1S/C27H36N2O3/c1-20(19-30)28-27(31)23-11-12-26-24(17-23)16-21-7-5-8-22(15-21)18-29(25-9-6-10-25)13-3-2-4-14-32-26/h5,7-8,11-12,15,17,20,25,30H,2-4,6,9-10,13-14,16,18-19H2,1H3,(H,28,31)/t20-/m0/s1. The molecule has 0 spiro atoms. The zero-order chi connectivity index (χ0) is 22.3. The van der Waals surface area contributed by atoms with E-state index in [2.05, 4.69) is 34.5 Å². The number of ether oxygens (including phenoxy) is 1. The first-order chi connectivity index (χ1) is 15.6. The zero-order valence-electron chi connectivity index (χ0n) is 19.2. The normalized spacial score (nSPS) is 19.1. The molecule has 0 radical (unpaired) electrons. The van der Waals surface area contributed by atoms with Gasteiger partial charge in [0.05, 0.1) is 13.2 Å². The minimum atomic E-state index is -0.275. The number of nitrogens with one attached hydrogen (secondary N) is 1. The molecule has 32 heavy (non-hydrogen) atoms. The SMILES string of the molecule is C[C@@H](CO)NC(=O)c1ccc2c(c1)Cc1cccc(c1)CN(C1CCC1)CCCCCO2. The number of hydrogen-bond donors (Lipinski definition) is 2. The maximum absolute atomic E-state index is 12.6. The average molecular weight is 437 g/mol. The molecule has 1 saturated carbocycles. The fourth-order valence-corrected chi connectivity index (χ4v) is 4.56. The summed E-state index contributed by atoms with van der Waals surface area (Å²) in [7, 11) is 0. The molecule has 1 fully saturated rings. The van der Waals surface area contributed by atoms with E-state index >= 15 is 0 Å². The summed E-state index contributed by atoms with van der Waals surface area (Å²) in [6.07, 6.45) is 8.15. The first-order valence-electron chi connectivity index (χ1n) is 12.1. The van der Waals surface area contributed by atoms with Crippen molar-refractivity contribution in [1.82, 2.24) is 10.2 Å². The summed E-state index contributed by atoms with van der Waals surface area (Å²) in [4.78, 5) is 15.3. The summed E-state index contributed by atoms with van der Waals surface area (Å²) in [5, 5.41) is 12.1. The van der Waals surface area contributed by atoms with Crippen LogP contribution in [-0.4, -0.2) is 47.8 Å². The Morgan fingerprint density at radius 3 is 2.75 bits per heavy atom. The van der Waals surface area contributed by atoms with Crippen LogP contribution in [0.5, 0.6) is 5.75 Å². The zero-order valence-corrected chi connectivity index (χ0v) is 19.2. The number of carbonyl (C=O) groups is 1. The van der Waals surface area contributed by atoms with Gasteiger partial charge in [0, 0.05) is 30.6 Å². The van der Waals surface area contributed by atoms with Crippen LogP contribution in [0.15, 0.2) is 42.5 Å². The lowest BCUT2D eigenvalue weighted by Crippen LogP contribution is -2.40. The molecule has 1 amide bonds. The molecule has 2 bridgehead atoms. The van der Waals surface area contributed by atoms with Gasteiger partial charge in [-0.25, -0.2) is 0 Å². The third-order valence-corrected chi connectivity index (χ3v) is 6.68. The molecule has 2 aromatic rings. The van der Waals surface area contributed by atoms with E-state index in [9.17, 15) is 9.90 Å². The Morgan fingerprint density at radius 1 is 1.12 bits per heavy atom. The number of aliphatic hydroxyl groups excluding tert-OH is 1. The van der Waals surface area contributed by atoms with E-state index in [4.69, 9.17) is 4.74 Å². The maximum Gasteiger partial charge on any atom is 0.251 e. The minimum absolute atomic E-state index is 0.0789. The second-order valence-electron chi connectivity index (χ2n) is 9.34. The molecule has 172 valence electrons. The first kappa shape index (κ1) is 22.8. The van der Waals surface area contributed by atoms with Gasteiger partial charge in [-0.15, -0.1) is 0 Å². The number of aliphatic hydroxyl groups is 1. The van der Waals surface area contributed by atoms with Crippen LogP contribution in [0.1, 0.15) is 72.5 Å². The summed E-state index contributed by atoms with van der Waals surface area (Å²) in [6.45, 7) is 4.59. The van der Waals surface area contributed by atoms with Gasteiger partial charge in [0.25, 0.3) is 5.91 Å². The van der Waals surface area contributed by atoms with Gasteiger partial charge >= 0.3 is 0 Å². The topological polar surface area (TPSA) is 61.8 Å². The highest BCUT2D eigenvalue weighted by Gasteiger charge is 2.24. The first-order valence-corrected chi connectivity index (χ1v) is 12.1. The lowest BCUT2D eigenvalue weighted by atomic mass is 9.90. The third-order valence-electron chi connectivity index (χ3n) is 6.68. The summed E-state index contributed by atoms with van der Waals surface area (Å²) < 4.78 is 6.16. The van der Waals surface area contributed by atoms with Crippen LogP contribution in [0.4, 0.5) is 0 Å². The molecule has 2 aliphatic rings. The van der Waals surface area contributed by atoms with Crippen LogP contribution in [0.25, 0.3) is 0 Å². The summed E-state index contributed by atoms with van der Waals surface area (Å²) in [5.74, 6) is 0.689. The summed E-state index contributed by atoms with van der Waals surface area (Å²) >= 11 is 0. The molecule has 0 unspecified atom stereocenters. The molecule has 2 aromatic carbocycles. The van der Waals surface area contributed by atoms with Crippen molar-refractivity contribution >= 4 is 5.91 Å². The van der Waals surface area contributed by atoms with Crippen LogP contribution < -0.4 is 10.1 Å². The smallest absolute Gasteiger partial charge is 0.251 e. The number of fused-ring (bicyclic) bond motifs is 3. The quantitative estimate of drug-likeness (QED) is 0.750. The molecule has 1 aliphatic carbocycles. The Morgan fingerprint density at radius 2 is 1.97 bits per heavy atom. The van der Waals surface area contributed by atoms with Gasteiger partial charge in [0.15, 0.2) is 0 Å². The number of carbonyl (C=O) groups excluding carboxylic acids is 1. The van der Waals surface area contributed by atoms with Gasteiger partial charge in [0.1, 0.15) is 5.75 Å². The van der Waals surface area contributed by atoms with Gasteiger partial charge in [0.2, 0.25) is 0 Å². The molecule has 1 heterocycles. The van der Waals surface area contributed by atoms with E-state index < -0.39 is 0 Å². The van der Waals surface area contributed by atoms with E-state index in [1.54, 1.807) is 6.92 Å².